The Morgan fingerprint density at radius 2 is 1.64 bits per heavy atom. The van der Waals surface area contributed by atoms with E-state index < -0.39 is 21.8 Å². The number of amides is 2. The molecule has 0 radical (unpaired) electrons. The van der Waals surface area contributed by atoms with Crippen molar-refractivity contribution >= 4 is 33.6 Å². The molecule has 2 amide bonds. The van der Waals surface area contributed by atoms with Crippen LogP contribution in [0, 0.1) is 0 Å². The number of carbonyl (C=O) groups excluding carboxylic acids is 2. The lowest BCUT2D eigenvalue weighted by atomic mass is 10.1. The van der Waals surface area contributed by atoms with Gasteiger partial charge in [0.15, 0.2) is 0 Å². The van der Waals surface area contributed by atoms with Crippen LogP contribution in [-0.4, -0.2) is 47.3 Å². The molecule has 4 rings (SSSR count). The Labute approximate surface area is 227 Å². The zero-order chi connectivity index (χ0) is 27.7. The molecule has 0 bridgehead atoms. The van der Waals surface area contributed by atoms with Gasteiger partial charge >= 0.3 is 0 Å². The minimum Gasteiger partial charge on any atom is -0.308 e. The number of pyridine rings is 1. The average Bonchev–Trinajstić information content (AvgIpc) is 3.39. The topological polar surface area (TPSA) is 114 Å². The number of benzene rings is 2. The predicted molar refractivity (Wildman–Crippen MR) is 150 cm³/mol. The van der Waals surface area contributed by atoms with Gasteiger partial charge in [0.25, 0.3) is 11.8 Å². The fourth-order valence-corrected chi connectivity index (χ4v) is 4.95. The van der Waals surface area contributed by atoms with Crippen LogP contribution in [0.25, 0.3) is 6.08 Å². The first-order chi connectivity index (χ1) is 18.8. The van der Waals surface area contributed by atoms with Crippen molar-refractivity contribution in [1.82, 2.24) is 19.5 Å². The molecule has 0 aliphatic rings. The summed E-state index contributed by atoms with van der Waals surface area (Å²) in [5, 5.41) is 4.31. The molecule has 2 aromatic heterocycles. The molecule has 0 spiro atoms. The predicted octanol–water partition coefficient (Wildman–Crippen LogP) is 3.45. The van der Waals surface area contributed by atoms with Gasteiger partial charge in [0.2, 0.25) is 10.0 Å². The van der Waals surface area contributed by atoms with Crippen LogP contribution in [0.4, 0.5) is 5.69 Å². The molecule has 0 unspecified atom stereocenters. The second-order valence-electron chi connectivity index (χ2n) is 8.76. The van der Waals surface area contributed by atoms with Crippen LogP contribution in [0.1, 0.15) is 23.6 Å². The van der Waals surface area contributed by atoms with Gasteiger partial charge in [-0.1, -0.05) is 54.6 Å². The van der Waals surface area contributed by atoms with Gasteiger partial charge in [0.1, 0.15) is 5.57 Å². The van der Waals surface area contributed by atoms with E-state index in [0.29, 0.717) is 17.8 Å². The summed E-state index contributed by atoms with van der Waals surface area (Å²) in [7, 11) is -4.02. The summed E-state index contributed by atoms with van der Waals surface area (Å²) in [6.07, 6.45) is 8.18. The van der Waals surface area contributed by atoms with Crippen molar-refractivity contribution in [1.29, 1.82) is 0 Å². The highest BCUT2D eigenvalue weighted by Crippen LogP contribution is 2.18. The molecule has 0 atom stereocenters. The standard InChI is InChI=1S/C29H29N5O4S/c1-2-34(26-13-7-4-8-14-26)29(36)27(18-25-20-31-33(22-25)21-24-12-9-16-30-19-24)28(35)32-39(37,38)17-15-23-10-5-3-6-11-23/h3-14,16,18-20,22H,2,15,17,21H2,1H3,(H,32,35). The van der Waals surface area contributed by atoms with Crippen molar-refractivity contribution in [3.63, 3.8) is 0 Å². The van der Waals surface area contributed by atoms with Gasteiger partial charge in [-0.15, -0.1) is 0 Å². The molecule has 9 nitrogen and oxygen atoms in total. The number of sulfonamides is 1. The highest BCUT2D eigenvalue weighted by Gasteiger charge is 2.27. The average molecular weight is 544 g/mol. The summed E-state index contributed by atoms with van der Waals surface area (Å²) >= 11 is 0. The van der Waals surface area contributed by atoms with E-state index in [2.05, 4.69) is 14.8 Å². The van der Waals surface area contributed by atoms with E-state index >= 15 is 0 Å². The Hall–Kier alpha value is -4.57. The highest BCUT2D eigenvalue weighted by molar-refractivity contribution is 7.90. The number of aromatic nitrogens is 3. The third-order valence-corrected chi connectivity index (χ3v) is 7.12. The molecule has 0 fully saturated rings. The molecule has 200 valence electrons. The SMILES string of the molecule is CCN(C(=O)C(=Cc1cnn(Cc2cccnc2)c1)C(=O)NS(=O)(=O)CCc1ccccc1)c1ccccc1. The summed E-state index contributed by atoms with van der Waals surface area (Å²) in [5.74, 6) is -1.93. The van der Waals surface area contributed by atoms with Gasteiger partial charge in [-0.3, -0.25) is 19.3 Å². The van der Waals surface area contributed by atoms with Gasteiger partial charge in [-0.05, 0) is 48.7 Å². The summed E-state index contributed by atoms with van der Waals surface area (Å²) < 4.78 is 29.3. The number of carbonyl (C=O) groups is 2. The van der Waals surface area contributed by atoms with E-state index in [4.69, 9.17) is 0 Å². The maximum Gasteiger partial charge on any atom is 0.270 e. The monoisotopic (exact) mass is 543 g/mol. The largest absolute Gasteiger partial charge is 0.308 e. The lowest BCUT2D eigenvalue weighted by Gasteiger charge is -2.22. The van der Waals surface area contributed by atoms with Gasteiger partial charge in [-0.25, -0.2) is 13.1 Å². The number of rotatable bonds is 11. The molecule has 2 aromatic carbocycles. The Morgan fingerprint density at radius 3 is 2.31 bits per heavy atom. The molecule has 2 heterocycles. The Morgan fingerprint density at radius 1 is 0.949 bits per heavy atom. The third kappa shape index (κ3) is 7.71. The normalized spacial score (nSPS) is 11.7. The van der Waals surface area contributed by atoms with E-state index in [1.807, 2.05) is 48.5 Å². The molecule has 0 aliphatic carbocycles. The van der Waals surface area contributed by atoms with Gasteiger partial charge in [0, 0.05) is 36.4 Å². The zero-order valence-electron chi connectivity index (χ0n) is 21.5. The first-order valence-electron chi connectivity index (χ1n) is 12.4. The van der Waals surface area contributed by atoms with Gasteiger partial charge < -0.3 is 4.90 Å². The number of para-hydroxylation sites is 1. The minimum absolute atomic E-state index is 0.225. The van der Waals surface area contributed by atoms with E-state index in [9.17, 15) is 18.0 Å². The van der Waals surface area contributed by atoms with Crippen LogP contribution in [0.15, 0.2) is 103 Å². The number of nitrogens with one attached hydrogen (secondary N) is 1. The minimum atomic E-state index is -4.02. The third-order valence-electron chi connectivity index (χ3n) is 5.89. The van der Waals surface area contributed by atoms with Crippen molar-refractivity contribution in [3.8, 4) is 0 Å². The summed E-state index contributed by atoms with van der Waals surface area (Å²) in [5.41, 5.74) is 2.50. The zero-order valence-corrected chi connectivity index (χ0v) is 22.3. The fraction of sp³-hybridized carbons (Fsp3) is 0.172. The van der Waals surface area contributed by atoms with Crippen LogP contribution >= 0.6 is 0 Å². The summed E-state index contributed by atoms with van der Waals surface area (Å²) in [6, 6.07) is 21.7. The van der Waals surface area contributed by atoms with Crippen molar-refractivity contribution < 1.29 is 18.0 Å². The fourth-order valence-electron chi connectivity index (χ4n) is 3.95. The Balaban J connectivity index is 1.60. The Kier molecular flexibility index (Phi) is 9.01. The van der Waals surface area contributed by atoms with Crippen molar-refractivity contribution in [3.05, 3.63) is 120 Å². The second-order valence-corrected chi connectivity index (χ2v) is 10.6. The molecular weight excluding hydrogens is 514 g/mol. The van der Waals surface area contributed by atoms with Crippen LogP contribution in [0.2, 0.25) is 0 Å². The van der Waals surface area contributed by atoms with Crippen molar-refractivity contribution in [2.24, 2.45) is 0 Å². The highest BCUT2D eigenvalue weighted by atomic mass is 32.2. The lowest BCUT2D eigenvalue weighted by molar-refractivity contribution is -0.121. The molecule has 10 heteroatoms. The molecule has 0 saturated carbocycles. The molecule has 0 saturated heterocycles. The second kappa shape index (κ2) is 12.8. The maximum atomic E-state index is 13.7. The first kappa shape index (κ1) is 27.5. The number of likely N-dealkylation sites (N-methyl/N-ethyl adjacent to an activating group) is 1. The maximum absolute atomic E-state index is 13.7. The number of hydrogen-bond donors (Lipinski definition) is 1. The lowest BCUT2D eigenvalue weighted by Crippen LogP contribution is -2.41. The van der Waals surface area contributed by atoms with Crippen LogP contribution in [0.3, 0.4) is 0 Å². The van der Waals surface area contributed by atoms with E-state index in [1.165, 1.54) is 17.2 Å². The van der Waals surface area contributed by atoms with Crippen LogP contribution < -0.4 is 9.62 Å². The Bertz CT molecular complexity index is 1540. The number of aryl methyl sites for hydroxylation is 1. The molecular formula is C29H29N5O4S. The van der Waals surface area contributed by atoms with Crippen molar-refractivity contribution in [2.45, 2.75) is 19.9 Å². The van der Waals surface area contributed by atoms with Gasteiger partial charge in [0.05, 0.1) is 18.5 Å². The molecule has 1 N–H and O–H groups in total. The van der Waals surface area contributed by atoms with Crippen LogP contribution in [0.5, 0.6) is 0 Å². The van der Waals surface area contributed by atoms with E-state index in [1.54, 1.807) is 54.5 Å². The molecule has 39 heavy (non-hydrogen) atoms. The quantitative estimate of drug-likeness (QED) is 0.176. The van der Waals surface area contributed by atoms with Gasteiger partial charge in [-0.2, -0.15) is 5.10 Å². The van der Waals surface area contributed by atoms with Crippen LogP contribution in [-0.2, 0) is 32.6 Å². The smallest absolute Gasteiger partial charge is 0.270 e. The number of nitrogens with zero attached hydrogens (tertiary/aromatic N) is 4. The number of hydrogen-bond acceptors (Lipinski definition) is 6. The molecule has 4 aromatic rings. The van der Waals surface area contributed by atoms with E-state index in [-0.39, 0.29) is 24.3 Å². The first-order valence-corrected chi connectivity index (χ1v) is 14.1. The number of anilines is 1. The van der Waals surface area contributed by atoms with Crippen molar-refractivity contribution in [2.75, 3.05) is 17.2 Å². The molecule has 0 aliphatic heterocycles. The summed E-state index contributed by atoms with van der Waals surface area (Å²) in [6.45, 7) is 2.49. The van der Waals surface area contributed by atoms with E-state index in [0.717, 1.165) is 11.1 Å². The summed E-state index contributed by atoms with van der Waals surface area (Å²) in [4.78, 5) is 32.5.